The smallest absolute Gasteiger partial charge is 0.472 e. The molecule has 3 atom stereocenters. The number of hydrogen-bond donors (Lipinski definition) is 3. The van der Waals surface area contributed by atoms with Gasteiger partial charge in [0.05, 0.1) is 13.2 Å². The van der Waals surface area contributed by atoms with Crippen LogP contribution in [-0.4, -0.2) is 59.9 Å². The molecule has 1 unspecified atom stereocenters. The predicted molar refractivity (Wildman–Crippen MR) is 253 cm³/mol. The quantitative estimate of drug-likeness (QED) is 0.0306. The summed E-state index contributed by atoms with van der Waals surface area (Å²) >= 11 is 0. The third-order valence-electron chi connectivity index (χ3n) is 8.11. The highest BCUT2D eigenvalue weighted by molar-refractivity contribution is 7.47. The number of allylic oxidation sites excluding steroid dienone is 24. The van der Waals surface area contributed by atoms with E-state index >= 15 is 0 Å². The van der Waals surface area contributed by atoms with Crippen LogP contribution in [0.1, 0.15) is 117 Å². The Hall–Kier alpha value is -4.64. The minimum Gasteiger partial charge on any atom is -0.480 e. The Bertz CT molecular complexity index is 1600. The normalized spacial score (nSPS) is 15.0. The van der Waals surface area contributed by atoms with Crippen molar-refractivity contribution in [1.82, 2.24) is 0 Å². The van der Waals surface area contributed by atoms with Crippen molar-refractivity contribution in [3.63, 3.8) is 0 Å². The summed E-state index contributed by atoms with van der Waals surface area (Å²) in [6.07, 6.45) is 60.9. The standard InChI is InChI=1S/C50H74NO10P/c1-3-5-7-9-11-13-15-17-19-21-23-25-27-29-31-33-35-37-39-41-48(52)58-43-46(44-59-62(56,57)60-45-47(51)50(54)55)61-49(53)42-40-38-36-34-32-30-28-26-24-22-20-18-16-14-12-10-8-6-4-2/h5-8,11-14,17-20,23-26,29-32,35-38,46-47H,3-4,9-10,15-16,21-22,27-28,33-34,39-45,51H2,1-2H3,(H,54,55)(H,56,57)/t46-,47+/m1/s1. The predicted octanol–water partition coefficient (Wildman–Crippen LogP) is 11.9. The largest absolute Gasteiger partial charge is 0.480 e. The molecule has 0 fully saturated rings. The molecule has 0 heterocycles. The maximum absolute atomic E-state index is 12.6. The highest BCUT2D eigenvalue weighted by atomic mass is 31.2. The van der Waals surface area contributed by atoms with Crippen molar-refractivity contribution in [3.05, 3.63) is 146 Å². The van der Waals surface area contributed by atoms with Gasteiger partial charge in [0.15, 0.2) is 6.10 Å². The molecule has 0 spiro atoms. The maximum Gasteiger partial charge on any atom is 0.472 e. The zero-order valence-corrected chi connectivity index (χ0v) is 38.0. The van der Waals surface area contributed by atoms with Gasteiger partial charge in [0.25, 0.3) is 0 Å². The summed E-state index contributed by atoms with van der Waals surface area (Å²) < 4.78 is 32.5. The molecule has 0 bridgehead atoms. The molecule has 0 aromatic carbocycles. The number of carbonyl (C=O) groups excluding carboxylic acids is 2. The van der Waals surface area contributed by atoms with Crippen molar-refractivity contribution < 1.29 is 47.5 Å². The van der Waals surface area contributed by atoms with Crippen LogP contribution in [0, 0.1) is 0 Å². The van der Waals surface area contributed by atoms with Crippen LogP contribution in [0.3, 0.4) is 0 Å². The second-order valence-electron chi connectivity index (χ2n) is 13.7. The minimum absolute atomic E-state index is 0.00997. The molecular weight excluding hydrogens is 806 g/mol. The van der Waals surface area contributed by atoms with Crippen LogP contribution < -0.4 is 5.73 Å². The number of nitrogens with two attached hydrogens (primary N) is 1. The van der Waals surface area contributed by atoms with E-state index in [0.717, 1.165) is 70.6 Å². The lowest BCUT2D eigenvalue weighted by molar-refractivity contribution is -0.161. The van der Waals surface area contributed by atoms with E-state index in [1.807, 2.05) is 36.5 Å². The molecule has 0 saturated carbocycles. The van der Waals surface area contributed by atoms with Crippen molar-refractivity contribution in [3.8, 4) is 0 Å². The first-order valence-corrected chi connectivity index (χ1v) is 23.4. The van der Waals surface area contributed by atoms with Gasteiger partial charge in [-0.15, -0.1) is 0 Å². The van der Waals surface area contributed by atoms with Gasteiger partial charge in [0.1, 0.15) is 12.6 Å². The number of ether oxygens (including phenoxy) is 2. The van der Waals surface area contributed by atoms with Crippen molar-refractivity contribution >= 4 is 25.7 Å². The van der Waals surface area contributed by atoms with Gasteiger partial charge in [-0.3, -0.25) is 23.4 Å². The van der Waals surface area contributed by atoms with E-state index in [1.54, 1.807) is 0 Å². The molecule has 62 heavy (non-hydrogen) atoms. The van der Waals surface area contributed by atoms with Gasteiger partial charge in [-0.05, 0) is 89.9 Å². The second kappa shape index (κ2) is 43.0. The number of aliphatic carboxylic acids is 1. The molecule has 0 aliphatic carbocycles. The van der Waals surface area contributed by atoms with Crippen LogP contribution in [0.4, 0.5) is 0 Å². The minimum atomic E-state index is -4.77. The lowest BCUT2D eigenvalue weighted by Gasteiger charge is -2.20. The third kappa shape index (κ3) is 42.1. The zero-order valence-electron chi connectivity index (χ0n) is 37.1. The Morgan fingerprint density at radius 2 is 0.790 bits per heavy atom. The Kier molecular flexibility index (Phi) is 39.8. The fourth-order valence-electron chi connectivity index (χ4n) is 4.76. The molecule has 0 radical (unpaired) electrons. The molecule has 0 rings (SSSR count). The first-order chi connectivity index (χ1) is 30.1. The summed E-state index contributed by atoms with van der Waals surface area (Å²) in [5.41, 5.74) is 5.32. The number of carbonyl (C=O) groups is 3. The number of phosphoric ester groups is 1. The summed E-state index contributed by atoms with van der Waals surface area (Å²) in [5, 5.41) is 8.89. The van der Waals surface area contributed by atoms with Gasteiger partial charge in [-0.25, -0.2) is 4.57 Å². The maximum atomic E-state index is 12.6. The number of hydrogen-bond acceptors (Lipinski definition) is 9. The Labute approximate surface area is 372 Å². The molecule has 0 aromatic heterocycles. The van der Waals surface area contributed by atoms with E-state index in [4.69, 9.17) is 24.8 Å². The molecule has 12 heteroatoms. The third-order valence-corrected chi connectivity index (χ3v) is 9.06. The summed E-state index contributed by atoms with van der Waals surface area (Å²) in [7, 11) is -4.77. The van der Waals surface area contributed by atoms with Crippen molar-refractivity contribution in [1.29, 1.82) is 0 Å². The van der Waals surface area contributed by atoms with Crippen LogP contribution in [0.2, 0.25) is 0 Å². The van der Waals surface area contributed by atoms with E-state index in [2.05, 4.69) is 128 Å². The number of carboxylic acids is 1. The SMILES string of the molecule is CCC=CCC=CCC=CCC=CCC=CCC=CCCC(=O)OC[C@H](COP(=O)(O)OC[C@H](N)C(=O)O)OC(=O)CCC=CCC=CCC=CCC=CCC=CCC=CCC. The van der Waals surface area contributed by atoms with Crippen molar-refractivity contribution in [2.45, 2.75) is 129 Å². The average Bonchev–Trinajstić information content (AvgIpc) is 3.25. The first kappa shape index (κ1) is 57.4. The summed E-state index contributed by atoms with van der Waals surface area (Å²) in [4.78, 5) is 45.9. The number of esters is 2. The van der Waals surface area contributed by atoms with Crippen LogP contribution in [0.15, 0.2) is 146 Å². The van der Waals surface area contributed by atoms with Gasteiger partial charge < -0.3 is 25.2 Å². The highest BCUT2D eigenvalue weighted by Gasteiger charge is 2.28. The lowest BCUT2D eigenvalue weighted by Crippen LogP contribution is -2.34. The molecule has 0 aliphatic heterocycles. The van der Waals surface area contributed by atoms with E-state index in [0.29, 0.717) is 19.3 Å². The first-order valence-electron chi connectivity index (χ1n) is 21.9. The van der Waals surface area contributed by atoms with Gasteiger partial charge in [0, 0.05) is 12.8 Å². The Balaban J connectivity index is 4.64. The monoisotopic (exact) mass is 880 g/mol. The fraction of sp³-hybridized carbons (Fsp3) is 0.460. The van der Waals surface area contributed by atoms with Crippen LogP contribution in [-0.2, 0) is 37.5 Å². The van der Waals surface area contributed by atoms with Crippen LogP contribution in [0.5, 0.6) is 0 Å². The highest BCUT2D eigenvalue weighted by Crippen LogP contribution is 2.43. The number of phosphoric acid groups is 1. The molecule has 0 saturated heterocycles. The van der Waals surface area contributed by atoms with Crippen molar-refractivity contribution in [2.24, 2.45) is 5.73 Å². The molecular formula is C50H74NO10P. The Morgan fingerprint density at radius 1 is 0.484 bits per heavy atom. The second-order valence-corrected chi connectivity index (χ2v) is 15.2. The molecule has 0 aliphatic rings. The lowest BCUT2D eigenvalue weighted by atomic mass is 10.2. The molecule has 0 amide bonds. The molecule has 0 aromatic rings. The van der Waals surface area contributed by atoms with E-state index in [9.17, 15) is 23.8 Å². The molecule has 344 valence electrons. The van der Waals surface area contributed by atoms with E-state index in [1.165, 1.54) is 0 Å². The molecule has 4 N–H and O–H groups in total. The van der Waals surface area contributed by atoms with Gasteiger partial charge in [-0.2, -0.15) is 0 Å². The average molecular weight is 880 g/mol. The summed E-state index contributed by atoms with van der Waals surface area (Å²) in [6.45, 7) is 2.39. The van der Waals surface area contributed by atoms with Crippen LogP contribution >= 0.6 is 7.82 Å². The summed E-state index contributed by atoms with van der Waals surface area (Å²) in [5.74, 6) is -2.62. The topological polar surface area (TPSA) is 172 Å². The zero-order chi connectivity index (χ0) is 45.6. The van der Waals surface area contributed by atoms with E-state index < -0.39 is 57.7 Å². The van der Waals surface area contributed by atoms with E-state index in [-0.39, 0.29) is 12.8 Å². The number of carboxylic acid groups (broad SMARTS) is 1. The van der Waals surface area contributed by atoms with Gasteiger partial charge in [0.2, 0.25) is 0 Å². The fourth-order valence-corrected chi connectivity index (χ4v) is 5.54. The number of rotatable bonds is 38. The summed E-state index contributed by atoms with van der Waals surface area (Å²) in [6, 6.07) is -1.55. The van der Waals surface area contributed by atoms with Gasteiger partial charge in [-0.1, -0.05) is 160 Å². The molecule has 11 nitrogen and oxygen atoms in total. The van der Waals surface area contributed by atoms with Crippen LogP contribution in [0.25, 0.3) is 0 Å². The Morgan fingerprint density at radius 3 is 1.13 bits per heavy atom. The van der Waals surface area contributed by atoms with Crippen molar-refractivity contribution in [2.75, 3.05) is 19.8 Å². The van der Waals surface area contributed by atoms with Gasteiger partial charge >= 0.3 is 25.7 Å².